The number of carbonyl (C=O) groups is 1. The number of methoxy groups -OCH3 is 2. The van der Waals surface area contributed by atoms with Crippen LogP contribution in [0.5, 0.6) is 17.4 Å². The number of hydrogen-bond donors (Lipinski definition) is 1. The smallest absolute Gasteiger partial charge is 0.417 e. The quantitative estimate of drug-likeness (QED) is 0.547. The number of carbonyl (C=O) groups excluding carboxylic acids is 1. The van der Waals surface area contributed by atoms with Gasteiger partial charge in [0.1, 0.15) is 0 Å². The average Bonchev–Trinajstić information content (AvgIpc) is 3.05. The van der Waals surface area contributed by atoms with E-state index in [9.17, 15) is 18.0 Å². The van der Waals surface area contributed by atoms with Crippen LogP contribution in [-0.2, 0) is 24.4 Å². The van der Waals surface area contributed by atoms with Crippen molar-refractivity contribution in [1.29, 1.82) is 0 Å². The van der Waals surface area contributed by atoms with E-state index in [-0.39, 0.29) is 22.6 Å². The summed E-state index contributed by atoms with van der Waals surface area (Å²) in [5.74, 6) is 0.386. The Morgan fingerprint density at radius 1 is 1.18 bits per heavy atom. The Morgan fingerprint density at radius 2 is 1.88 bits per heavy atom. The van der Waals surface area contributed by atoms with Gasteiger partial charge in [-0.1, -0.05) is 6.07 Å². The number of ether oxygens (including phenoxy) is 3. The number of aromatic nitrogens is 3. The molecule has 1 atom stereocenters. The van der Waals surface area contributed by atoms with E-state index < -0.39 is 23.8 Å². The monoisotopic (exact) mass is 466 g/mol. The Balaban J connectivity index is 1.68. The molecule has 2 aromatic heterocycles. The van der Waals surface area contributed by atoms with Crippen LogP contribution in [0, 0.1) is 6.92 Å². The first kappa shape index (κ1) is 24.1. The molecule has 2 heterocycles. The highest BCUT2D eigenvalue weighted by molar-refractivity contribution is 5.84. The van der Waals surface area contributed by atoms with Gasteiger partial charge >= 0.3 is 6.18 Å². The van der Waals surface area contributed by atoms with Crippen LogP contribution in [0.15, 0.2) is 24.3 Å². The average molecular weight is 466 g/mol. The highest BCUT2D eigenvalue weighted by Gasteiger charge is 2.36. The third-order valence-corrected chi connectivity index (χ3v) is 5.08. The number of benzene rings is 1. The molecule has 11 heteroatoms. The summed E-state index contributed by atoms with van der Waals surface area (Å²) in [6, 6.07) is 6.21. The maximum atomic E-state index is 13.6. The molecule has 1 unspecified atom stereocenters. The molecule has 178 valence electrons. The van der Waals surface area contributed by atoms with Gasteiger partial charge in [-0.25, -0.2) is 0 Å². The van der Waals surface area contributed by atoms with Crippen molar-refractivity contribution < 1.29 is 32.2 Å². The second-order valence-corrected chi connectivity index (χ2v) is 7.40. The highest BCUT2D eigenvalue weighted by Crippen LogP contribution is 2.37. The minimum absolute atomic E-state index is 0.0263. The summed E-state index contributed by atoms with van der Waals surface area (Å²) in [6.45, 7) is 3.22. The summed E-state index contributed by atoms with van der Waals surface area (Å²) in [5, 5.41) is 6.63. The third-order valence-electron chi connectivity index (χ3n) is 5.08. The lowest BCUT2D eigenvalue weighted by molar-refractivity contribution is -0.136. The third kappa shape index (κ3) is 5.29. The molecular weight excluding hydrogens is 441 g/mol. The summed E-state index contributed by atoms with van der Waals surface area (Å²) in [7, 11) is 4.57. The molecule has 0 saturated heterocycles. The minimum Gasteiger partial charge on any atom is -0.493 e. The zero-order chi connectivity index (χ0) is 24.3. The lowest BCUT2D eigenvalue weighted by atomic mass is 10.1. The molecule has 1 N–H and O–H groups in total. The molecule has 3 rings (SSSR count). The first-order valence-electron chi connectivity index (χ1n) is 10.1. The number of hydrogen-bond acceptors (Lipinski definition) is 6. The van der Waals surface area contributed by atoms with Crippen molar-refractivity contribution in [3.8, 4) is 17.4 Å². The summed E-state index contributed by atoms with van der Waals surface area (Å²) < 4.78 is 57.9. The maximum absolute atomic E-state index is 13.6. The van der Waals surface area contributed by atoms with Gasteiger partial charge in [-0.15, -0.1) is 0 Å². The predicted octanol–water partition coefficient (Wildman–Crippen LogP) is 3.44. The van der Waals surface area contributed by atoms with Crippen LogP contribution < -0.4 is 19.5 Å². The molecular formula is C22H25F3N4O4. The summed E-state index contributed by atoms with van der Waals surface area (Å²) in [5.41, 5.74) is 0.238. The molecule has 33 heavy (non-hydrogen) atoms. The molecule has 8 nitrogen and oxygen atoms in total. The fraction of sp³-hybridized carbons (Fsp3) is 0.409. The molecule has 1 aromatic carbocycles. The Hall–Kier alpha value is -3.50. The van der Waals surface area contributed by atoms with Crippen molar-refractivity contribution in [3.63, 3.8) is 0 Å². The molecule has 0 saturated carbocycles. The van der Waals surface area contributed by atoms with Gasteiger partial charge in [0.2, 0.25) is 5.88 Å². The van der Waals surface area contributed by atoms with E-state index in [1.807, 2.05) is 6.07 Å². The molecule has 0 fully saturated rings. The topological polar surface area (TPSA) is 87.5 Å². The van der Waals surface area contributed by atoms with Crippen molar-refractivity contribution in [2.45, 2.75) is 32.5 Å². The number of rotatable bonds is 8. The van der Waals surface area contributed by atoms with Crippen LogP contribution in [0.4, 0.5) is 13.2 Å². The molecule has 3 aromatic rings. The number of nitrogens with zero attached hydrogens (tertiary/aromatic N) is 3. The van der Waals surface area contributed by atoms with E-state index in [2.05, 4.69) is 15.4 Å². The number of alkyl halides is 3. The second-order valence-electron chi connectivity index (χ2n) is 7.40. The van der Waals surface area contributed by atoms with Crippen molar-refractivity contribution in [3.05, 3.63) is 41.1 Å². The second kappa shape index (κ2) is 9.55. The number of aryl methyl sites for hydroxylation is 2. The van der Waals surface area contributed by atoms with Crippen LogP contribution in [0.2, 0.25) is 0 Å². The molecule has 0 aliphatic heterocycles. The van der Waals surface area contributed by atoms with E-state index in [4.69, 9.17) is 14.2 Å². The van der Waals surface area contributed by atoms with E-state index in [0.717, 1.165) is 11.6 Å². The van der Waals surface area contributed by atoms with Gasteiger partial charge in [0.05, 0.1) is 30.9 Å². The van der Waals surface area contributed by atoms with Crippen LogP contribution >= 0.6 is 0 Å². The van der Waals surface area contributed by atoms with E-state index in [1.54, 1.807) is 19.2 Å². The number of halogens is 3. The first-order valence-corrected chi connectivity index (χ1v) is 10.1. The van der Waals surface area contributed by atoms with Gasteiger partial charge in [-0.05, 0) is 38.0 Å². The van der Waals surface area contributed by atoms with Crippen molar-refractivity contribution in [1.82, 2.24) is 20.1 Å². The van der Waals surface area contributed by atoms with Crippen molar-refractivity contribution >= 4 is 16.9 Å². The highest BCUT2D eigenvalue weighted by atomic mass is 19.4. The van der Waals surface area contributed by atoms with Gasteiger partial charge in [-0.3, -0.25) is 9.48 Å². The zero-order valence-electron chi connectivity index (χ0n) is 18.9. The fourth-order valence-corrected chi connectivity index (χ4v) is 3.45. The van der Waals surface area contributed by atoms with Gasteiger partial charge < -0.3 is 19.5 Å². The number of pyridine rings is 1. The number of fused-ring (bicyclic) bond motifs is 1. The lowest BCUT2D eigenvalue weighted by Gasteiger charge is -2.16. The molecule has 1 amide bonds. The maximum Gasteiger partial charge on any atom is 0.417 e. The normalized spacial score (nSPS) is 12.5. The molecule has 0 radical (unpaired) electrons. The number of amides is 1. The molecule has 0 bridgehead atoms. The Morgan fingerprint density at radius 3 is 2.52 bits per heavy atom. The van der Waals surface area contributed by atoms with Gasteiger partial charge in [0, 0.05) is 19.7 Å². The van der Waals surface area contributed by atoms with Crippen molar-refractivity contribution in [2.75, 3.05) is 20.8 Å². The molecule has 0 spiro atoms. The predicted molar refractivity (Wildman–Crippen MR) is 115 cm³/mol. The van der Waals surface area contributed by atoms with Gasteiger partial charge in [0.15, 0.2) is 23.3 Å². The summed E-state index contributed by atoms with van der Waals surface area (Å²) >= 11 is 0. The lowest BCUT2D eigenvalue weighted by Crippen LogP contribution is -2.37. The summed E-state index contributed by atoms with van der Waals surface area (Å²) in [6.07, 6.45) is -5.18. The fourth-order valence-electron chi connectivity index (χ4n) is 3.45. The van der Waals surface area contributed by atoms with E-state index in [0.29, 0.717) is 24.5 Å². The summed E-state index contributed by atoms with van der Waals surface area (Å²) in [4.78, 5) is 16.6. The van der Waals surface area contributed by atoms with E-state index >= 15 is 0 Å². The Bertz CT molecular complexity index is 1160. The number of nitrogens with one attached hydrogen (secondary N) is 1. The minimum atomic E-state index is -4.63. The Kier molecular flexibility index (Phi) is 6.99. The Labute approximate surface area is 188 Å². The SMILES string of the molecule is COc1ccc(CCNC(=O)C(C)Oc2cc(C(F)(F)F)c3c(C)nn(C)c3n2)cc1OC. The standard InChI is InChI=1S/C22H25F3N4O4/c1-12-19-15(22(23,24)25)11-18(27-20(19)29(3)28-12)33-13(2)21(30)26-9-8-14-6-7-16(31-4)17(10-14)32-5/h6-7,10-11,13H,8-9H2,1-5H3,(H,26,30). The van der Waals surface area contributed by atoms with E-state index in [1.165, 1.54) is 32.7 Å². The van der Waals surface area contributed by atoms with Crippen LogP contribution in [0.3, 0.4) is 0 Å². The first-order chi connectivity index (χ1) is 15.5. The van der Waals surface area contributed by atoms with Gasteiger partial charge in [0.25, 0.3) is 5.91 Å². The van der Waals surface area contributed by atoms with Gasteiger partial charge in [-0.2, -0.15) is 23.3 Å². The molecule has 0 aliphatic rings. The molecule has 0 aliphatic carbocycles. The largest absolute Gasteiger partial charge is 0.493 e. The van der Waals surface area contributed by atoms with Crippen LogP contribution in [0.25, 0.3) is 11.0 Å². The van der Waals surface area contributed by atoms with Crippen LogP contribution in [0.1, 0.15) is 23.7 Å². The zero-order valence-corrected chi connectivity index (χ0v) is 18.9. The van der Waals surface area contributed by atoms with Crippen LogP contribution in [-0.4, -0.2) is 47.5 Å². The van der Waals surface area contributed by atoms with Crippen molar-refractivity contribution in [2.24, 2.45) is 7.05 Å².